The van der Waals surface area contributed by atoms with Crippen LogP contribution in [0, 0.1) is 0 Å². The van der Waals surface area contributed by atoms with Gasteiger partial charge in [0, 0.05) is 61.8 Å². The number of rotatable bonds is 8. The molecule has 1 aliphatic carbocycles. The van der Waals surface area contributed by atoms with Gasteiger partial charge in [-0.1, -0.05) is 6.92 Å². The molecule has 0 aromatic carbocycles. The van der Waals surface area contributed by atoms with Gasteiger partial charge in [0.05, 0.1) is 12.8 Å². The van der Waals surface area contributed by atoms with Crippen LogP contribution in [0.25, 0.3) is 22.2 Å². The minimum absolute atomic E-state index is 0.603. The molecule has 0 saturated heterocycles. The van der Waals surface area contributed by atoms with Crippen LogP contribution in [0.2, 0.25) is 0 Å². The first-order valence-corrected chi connectivity index (χ1v) is 10.9. The number of aromatic nitrogens is 4. The van der Waals surface area contributed by atoms with Gasteiger partial charge in [-0.2, -0.15) is 5.10 Å². The molecule has 1 saturated carbocycles. The Morgan fingerprint density at radius 1 is 1.21 bits per heavy atom. The predicted octanol–water partition coefficient (Wildman–Crippen LogP) is 4.35. The first-order chi connectivity index (χ1) is 14.2. The van der Waals surface area contributed by atoms with E-state index in [-0.39, 0.29) is 0 Å². The summed E-state index contributed by atoms with van der Waals surface area (Å²) in [5, 5.41) is 5.52. The van der Waals surface area contributed by atoms with Crippen LogP contribution in [0.4, 0.5) is 0 Å². The lowest BCUT2D eigenvalue weighted by Crippen LogP contribution is -2.40. The molecular formula is C23H33N5O. The van der Waals surface area contributed by atoms with E-state index in [0.29, 0.717) is 12.0 Å². The van der Waals surface area contributed by atoms with Crippen molar-refractivity contribution in [1.82, 2.24) is 24.6 Å². The van der Waals surface area contributed by atoms with Crippen molar-refractivity contribution in [2.75, 3.05) is 26.8 Å². The van der Waals surface area contributed by atoms with Crippen molar-refractivity contribution in [3.05, 3.63) is 36.4 Å². The number of nitrogens with zero attached hydrogens (tertiary/aromatic N) is 4. The van der Waals surface area contributed by atoms with Gasteiger partial charge in [-0.05, 0) is 56.2 Å². The minimum atomic E-state index is 0.603. The Hall–Kier alpha value is -2.18. The molecule has 3 heterocycles. The van der Waals surface area contributed by atoms with Crippen molar-refractivity contribution in [2.45, 2.75) is 51.0 Å². The normalized spacial score (nSPS) is 20.0. The zero-order valence-electron chi connectivity index (χ0n) is 17.9. The number of methoxy groups -OCH3 is 1. The van der Waals surface area contributed by atoms with Gasteiger partial charge in [0.1, 0.15) is 5.65 Å². The predicted molar refractivity (Wildman–Crippen MR) is 117 cm³/mol. The fourth-order valence-corrected chi connectivity index (χ4v) is 4.79. The van der Waals surface area contributed by atoms with E-state index in [1.807, 2.05) is 24.1 Å². The Balaban J connectivity index is 1.48. The maximum atomic E-state index is 5.32. The first-order valence-electron chi connectivity index (χ1n) is 10.9. The zero-order chi connectivity index (χ0) is 20.2. The van der Waals surface area contributed by atoms with Gasteiger partial charge in [0.15, 0.2) is 0 Å². The number of ether oxygens (including phenoxy) is 1. The second-order valence-electron chi connectivity index (χ2n) is 8.30. The number of nitrogens with one attached hydrogen (secondary N) is 1. The van der Waals surface area contributed by atoms with Crippen LogP contribution in [0.5, 0.6) is 0 Å². The third kappa shape index (κ3) is 4.38. The number of fused-ring (bicyclic) bond motifs is 1. The van der Waals surface area contributed by atoms with Gasteiger partial charge >= 0.3 is 0 Å². The van der Waals surface area contributed by atoms with Gasteiger partial charge in [0.25, 0.3) is 0 Å². The molecule has 6 nitrogen and oxygen atoms in total. The van der Waals surface area contributed by atoms with E-state index in [1.165, 1.54) is 55.2 Å². The molecule has 156 valence electrons. The van der Waals surface area contributed by atoms with E-state index in [4.69, 9.17) is 9.72 Å². The number of hydrogen-bond donors (Lipinski definition) is 1. The summed E-state index contributed by atoms with van der Waals surface area (Å²) in [6.07, 6.45) is 14.3. The highest BCUT2D eigenvalue weighted by atomic mass is 16.5. The number of hydrogen-bond acceptors (Lipinski definition) is 4. The highest BCUT2D eigenvalue weighted by Crippen LogP contribution is 2.37. The summed E-state index contributed by atoms with van der Waals surface area (Å²) >= 11 is 0. The highest BCUT2D eigenvalue weighted by Gasteiger charge is 2.26. The fourth-order valence-electron chi connectivity index (χ4n) is 4.79. The summed E-state index contributed by atoms with van der Waals surface area (Å²) in [7, 11) is 3.75. The fraction of sp³-hybridized carbons (Fsp3) is 0.565. The van der Waals surface area contributed by atoms with Crippen molar-refractivity contribution in [3.8, 4) is 11.1 Å². The van der Waals surface area contributed by atoms with Crippen LogP contribution in [0.1, 0.15) is 50.5 Å². The van der Waals surface area contributed by atoms with Crippen LogP contribution >= 0.6 is 0 Å². The van der Waals surface area contributed by atoms with Crippen LogP contribution in [-0.4, -0.2) is 57.5 Å². The molecule has 0 amide bonds. The molecule has 3 aromatic heterocycles. The average Bonchev–Trinajstić information content (AvgIpc) is 3.36. The Kier molecular flexibility index (Phi) is 6.31. The summed E-state index contributed by atoms with van der Waals surface area (Å²) in [6, 6.07) is 3.04. The first kappa shape index (κ1) is 20.1. The van der Waals surface area contributed by atoms with Gasteiger partial charge in [-0.25, -0.2) is 4.98 Å². The van der Waals surface area contributed by atoms with Crippen molar-refractivity contribution < 1.29 is 4.74 Å². The van der Waals surface area contributed by atoms with Gasteiger partial charge in [-0.15, -0.1) is 0 Å². The Morgan fingerprint density at radius 2 is 2.03 bits per heavy atom. The number of pyridine rings is 1. The lowest BCUT2D eigenvalue weighted by atomic mass is 9.81. The minimum Gasteiger partial charge on any atom is -0.383 e. The molecule has 29 heavy (non-hydrogen) atoms. The second-order valence-corrected chi connectivity index (χ2v) is 8.30. The van der Waals surface area contributed by atoms with E-state index < -0.39 is 0 Å². The maximum absolute atomic E-state index is 5.32. The van der Waals surface area contributed by atoms with E-state index in [9.17, 15) is 0 Å². The Labute approximate surface area is 173 Å². The molecule has 1 aliphatic rings. The lowest BCUT2D eigenvalue weighted by molar-refractivity contribution is 0.0990. The van der Waals surface area contributed by atoms with E-state index in [0.717, 1.165) is 24.4 Å². The number of H-pyrrole nitrogens is 1. The smallest absolute Gasteiger partial charge is 0.137 e. The van der Waals surface area contributed by atoms with Gasteiger partial charge in [0.2, 0.25) is 0 Å². The van der Waals surface area contributed by atoms with Gasteiger partial charge in [-0.3, -0.25) is 9.58 Å². The van der Waals surface area contributed by atoms with E-state index >= 15 is 0 Å². The summed E-state index contributed by atoms with van der Waals surface area (Å²) in [6.45, 7) is 5.31. The SMILES string of the molecule is CCCN(CCOC)[C@H]1CC[C@H](c2cnc3[nH]cc(-c4cnn(C)c4)c3c2)CC1. The molecule has 6 heteroatoms. The van der Waals surface area contributed by atoms with E-state index in [1.54, 1.807) is 7.11 Å². The highest BCUT2D eigenvalue weighted by molar-refractivity contribution is 5.93. The molecule has 0 radical (unpaired) electrons. The monoisotopic (exact) mass is 395 g/mol. The van der Waals surface area contributed by atoms with Gasteiger partial charge < -0.3 is 9.72 Å². The summed E-state index contributed by atoms with van der Waals surface area (Å²) < 4.78 is 7.17. The van der Waals surface area contributed by atoms with Crippen LogP contribution < -0.4 is 0 Å². The van der Waals surface area contributed by atoms with Crippen LogP contribution in [0.15, 0.2) is 30.9 Å². The van der Waals surface area contributed by atoms with Crippen LogP contribution in [-0.2, 0) is 11.8 Å². The second kappa shape index (κ2) is 9.09. The van der Waals surface area contributed by atoms with Crippen molar-refractivity contribution >= 4 is 11.0 Å². The Bertz CT molecular complexity index is 922. The molecule has 0 spiro atoms. The molecule has 0 unspecified atom stereocenters. The summed E-state index contributed by atoms with van der Waals surface area (Å²) in [5.74, 6) is 0.603. The molecule has 0 atom stereocenters. The molecular weight excluding hydrogens is 362 g/mol. The summed E-state index contributed by atoms with van der Waals surface area (Å²) in [4.78, 5) is 10.7. The number of aromatic amines is 1. The molecule has 4 rings (SSSR count). The largest absolute Gasteiger partial charge is 0.383 e. The summed E-state index contributed by atoms with van der Waals surface area (Å²) in [5.41, 5.74) is 4.65. The Morgan fingerprint density at radius 3 is 2.72 bits per heavy atom. The maximum Gasteiger partial charge on any atom is 0.137 e. The standard InChI is InChI=1S/C23H33N5O/c1-4-9-28(10-11-29-3)20-7-5-17(6-8-20)18-12-21-22(15-25-23(21)24-13-18)19-14-26-27(2)16-19/h12-17,20H,4-11H2,1-3H3,(H,24,25)/t17-,20-. The quantitative estimate of drug-likeness (QED) is 0.616. The third-order valence-electron chi connectivity index (χ3n) is 6.35. The molecule has 1 fully saturated rings. The van der Waals surface area contributed by atoms with E-state index in [2.05, 4.69) is 40.4 Å². The zero-order valence-corrected chi connectivity index (χ0v) is 17.9. The van der Waals surface area contributed by atoms with Crippen molar-refractivity contribution in [1.29, 1.82) is 0 Å². The lowest BCUT2D eigenvalue weighted by Gasteiger charge is -2.37. The molecule has 3 aromatic rings. The third-order valence-corrected chi connectivity index (χ3v) is 6.35. The van der Waals surface area contributed by atoms with Crippen molar-refractivity contribution in [2.24, 2.45) is 7.05 Å². The number of aryl methyl sites for hydroxylation is 1. The molecule has 0 aliphatic heterocycles. The molecule has 1 N–H and O–H groups in total. The molecule has 0 bridgehead atoms. The average molecular weight is 396 g/mol. The van der Waals surface area contributed by atoms with Crippen LogP contribution in [0.3, 0.4) is 0 Å². The topological polar surface area (TPSA) is 59.0 Å². The van der Waals surface area contributed by atoms with Crippen molar-refractivity contribution in [3.63, 3.8) is 0 Å².